The molecule has 0 bridgehead atoms. The quantitative estimate of drug-likeness (QED) is 0.850. The van der Waals surface area contributed by atoms with Crippen molar-refractivity contribution in [3.05, 3.63) is 29.8 Å². The van der Waals surface area contributed by atoms with Gasteiger partial charge in [-0.3, -0.25) is 0 Å². The summed E-state index contributed by atoms with van der Waals surface area (Å²) < 4.78 is 11.3. The fourth-order valence-corrected chi connectivity index (χ4v) is 2.42. The molecule has 1 saturated heterocycles. The molecule has 3 heteroatoms. The van der Waals surface area contributed by atoms with E-state index in [9.17, 15) is 0 Å². The van der Waals surface area contributed by atoms with Gasteiger partial charge < -0.3 is 14.8 Å². The Balaban J connectivity index is 2.14. The van der Waals surface area contributed by atoms with Crippen LogP contribution in [0.4, 0.5) is 0 Å². The Bertz CT molecular complexity index is 354. The molecule has 1 heterocycles. The van der Waals surface area contributed by atoms with Crippen LogP contribution in [0.2, 0.25) is 0 Å². The van der Waals surface area contributed by atoms with Crippen LogP contribution >= 0.6 is 0 Å². The van der Waals surface area contributed by atoms with Gasteiger partial charge in [-0.15, -0.1) is 0 Å². The monoisotopic (exact) mass is 235 g/mol. The molecule has 0 aromatic heterocycles. The molecular formula is C14H21NO2. The number of ether oxygens (including phenoxy) is 2. The van der Waals surface area contributed by atoms with Gasteiger partial charge in [0.15, 0.2) is 0 Å². The maximum atomic E-state index is 5.87. The number of rotatable bonds is 5. The van der Waals surface area contributed by atoms with E-state index in [4.69, 9.17) is 9.47 Å². The molecule has 0 aliphatic carbocycles. The number of para-hydroxylation sites is 1. The molecule has 0 saturated carbocycles. The standard InChI is InChI=1S/C14H21NO2/c1-3-15-10-11-8-9-17-14(11)12-6-4-5-7-13(12)16-2/h4-7,11,14-15H,3,8-10H2,1-2H3. The zero-order chi connectivity index (χ0) is 12.1. The highest BCUT2D eigenvalue weighted by Gasteiger charge is 2.30. The molecule has 0 spiro atoms. The fourth-order valence-electron chi connectivity index (χ4n) is 2.42. The van der Waals surface area contributed by atoms with Gasteiger partial charge in [0.2, 0.25) is 0 Å². The summed E-state index contributed by atoms with van der Waals surface area (Å²) in [6.07, 6.45) is 1.29. The number of hydrogen-bond acceptors (Lipinski definition) is 3. The van der Waals surface area contributed by atoms with Gasteiger partial charge in [0, 0.05) is 24.6 Å². The van der Waals surface area contributed by atoms with Gasteiger partial charge in [-0.25, -0.2) is 0 Å². The maximum Gasteiger partial charge on any atom is 0.124 e. The van der Waals surface area contributed by atoms with E-state index in [1.807, 2.05) is 18.2 Å². The van der Waals surface area contributed by atoms with Gasteiger partial charge >= 0.3 is 0 Å². The first kappa shape index (κ1) is 12.4. The van der Waals surface area contributed by atoms with E-state index in [2.05, 4.69) is 18.3 Å². The molecule has 1 aromatic rings. The van der Waals surface area contributed by atoms with Crippen LogP contribution in [0.5, 0.6) is 5.75 Å². The molecule has 3 nitrogen and oxygen atoms in total. The van der Waals surface area contributed by atoms with Crippen LogP contribution < -0.4 is 10.1 Å². The van der Waals surface area contributed by atoms with Crippen molar-refractivity contribution in [3.8, 4) is 5.75 Å². The Hall–Kier alpha value is -1.06. The predicted octanol–water partition coefficient (Wildman–Crippen LogP) is 2.38. The lowest BCUT2D eigenvalue weighted by Crippen LogP contribution is -2.24. The lowest BCUT2D eigenvalue weighted by molar-refractivity contribution is 0.0884. The molecule has 17 heavy (non-hydrogen) atoms. The average Bonchev–Trinajstić information content (AvgIpc) is 2.84. The maximum absolute atomic E-state index is 5.87. The first-order chi connectivity index (χ1) is 8.36. The van der Waals surface area contributed by atoms with Crippen molar-refractivity contribution < 1.29 is 9.47 Å². The van der Waals surface area contributed by atoms with Crippen LogP contribution in [0, 0.1) is 5.92 Å². The molecular weight excluding hydrogens is 214 g/mol. The molecule has 2 atom stereocenters. The van der Waals surface area contributed by atoms with Crippen molar-refractivity contribution in [3.63, 3.8) is 0 Å². The second-order valence-corrected chi connectivity index (χ2v) is 4.39. The van der Waals surface area contributed by atoms with Crippen molar-refractivity contribution in [2.75, 3.05) is 26.8 Å². The lowest BCUT2D eigenvalue weighted by Gasteiger charge is -2.21. The highest BCUT2D eigenvalue weighted by atomic mass is 16.5. The van der Waals surface area contributed by atoms with Crippen LogP contribution in [0.15, 0.2) is 24.3 Å². The molecule has 1 aliphatic heterocycles. The highest BCUT2D eigenvalue weighted by molar-refractivity contribution is 5.35. The first-order valence-corrected chi connectivity index (χ1v) is 6.32. The molecule has 0 radical (unpaired) electrons. The van der Waals surface area contributed by atoms with Crippen molar-refractivity contribution in [1.29, 1.82) is 0 Å². The normalized spacial score (nSPS) is 23.9. The van der Waals surface area contributed by atoms with Crippen LogP contribution in [0.3, 0.4) is 0 Å². The van der Waals surface area contributed by atoms with Crippen LogP contribution in [0.25, 0.3) is 0 Å². The number of methoxy groups -OCH3 is 1. The second-order valence-electron chi connectivity index (χ2n) is 4.39. The van der Waals surface area contributed by atoms with E-state index in [0.717, 1.165) is 31.9 Å². The van der Waals surface area contributed by atoms with Crippen molar-refractivity contribution >= 4 is 0 Å². The Morgan fingerprint density at radius 3 is 3.00 bits per heavy atom. The second kappa shape index (κ2) is 6.03. The van der Waals surface area contributed by atoms with E-state index in [1.54, 1.807) is 7.11 Å². The largest absolute Gasteiger partial charge is 0.496 e. The first-order valence-electron chi connectivity index (χ1n) is 6.32. The van der Waals surface area contributed by atoms with Gasteiger partial charge in [-0.2, -0.15) is 0 Å². The Labute approximate surface area is 103 Å². The molecule has 1 N–H and O–H groups in total. The summed E-state index contributed by atoms with van der Waals surface area (Å²) in [5.41, 5.74) is 1.18. The van der Waals surface area contributed by atoms with E-state index in [0.29, 0.717) is 5.92 Å². The van der Waals surface area contributed by atoms with Crippen LogP contribution in [-0.4, -0.2) is 26.8 Å². The summed E-state index contributed by atoms with van der Waals surface area (Å²) in [5, 5.41) is 3.41. The Morgan fingerprint density at radius 1 is 1.41 bits per heavy atom. The average molecular weight is 235 g/mol. The van der Waals surface area contributed by atoms with Crippen LogP contribution in [0.1, 0.15) is 25.0 Å². The summed E-state index contributed by atoms with van der Waals surface area (Å²) in [6.45, 7) is 5.00. The topological polar surface area (TPSA) is 30.5 Å². The minimum absolute atomic E-state index is 0.171. The van der Waals surface area contributed by atoms with E-state index in [-0.39, 0.29) is 6.10 Å². The number of hydrogen-bond donors (Lipinski definition) is 1. The number of benzene rings is 1. The van der Waals surface area contributed by atoms with Gasteiger partial charge in [0.05, 0.1) is 13.2 Å². The minimum atomic E-state index is 0.171. The molecule has 0 amide bonds. The van der Waals surface area contributed by atoms with Gasteiger partial charge in [0.1, 0.15) is 5.75 Å². The molecule has 2 unspecified atom stereocenters. The lowest BCUT2D eigenvalue weighted by atomic mass is 9.94. The van der Waals surface area contributed by atoms with Gasteiger partial charge in [-0.05, 0) is 19.0 Å². The summed E-state index contributed by atoms with van der Waals surface area (Å²) in [5.74, 6) is 1.48. The van der Waals surface area contributed by atoms with Crippen molar-refractivity contribution in [2.24, 2.45) is 5.92 Å². The molecule has 1 aromatic carbocycles. The van der Waals surface area contributed by atoms with E-state index < -0.39 is 0 Å². The summed E-state index contributed by atoms with van der Waals surface area (Å²) in [6, 6.07) is 8.15. The van der Waals surface area contributed by atoms with Crippen LogP contribution in [-0.2, 0) is 4.74 Å². The summed E-state index contributed by atoms with van der Waals surface area (Å²) in [4.78, 5) is 0. The van der Waals surface area contributed by atoms with E-state index >= 15 is 0 Å². The zero-order valence-corrected chi connectivity index (χ0v) is 10.6. The third-order valence-corrected chi connectivity index (χ3v) is 3.32. The number of nitrogens with one attached hydrogen (secondary N) is 1. The molecule has 2 rings (SSSR count). The Morgan fingerprint density at radius 2 is 2.24 bits per heavy atom. The Kier molecular flexibility index (Phi) is 4.40. The minimum Gasteiger partial charge on any atom is -0.496 e. The van der Waals surface area contributed by atoms with Crippen molar-refractivity contribution in [2.45, 2.75) is 19.4 Å². The molecule has 94 valence electrons. The van der Waals surface area contributed by atoms with E-state index in [1.165, 1.54) is 5.56 Å². The third-order valence-electron chi connectivity index (χ3n) is 3.32. The fraction of sp³-hybridized carbons (Fsp3) is 0.571. The summed E-state index contributed by atoms with van der Waals surface area (Å²) >= 11 is 0. The molecule has 1 aliphatic rings. The van der Waals surface area contributed by atoms with Crippen molar-refractivity contribution in [1.82, 2.24) is 5.32 Å². The summed E-state index contributed by atoms with van der Waals surface area (Å²) in [7, 11) is 1.72. The van der Waals surface area contributed by atoms with Gasteiger partial charge in [0.25, 0.3) is 0 Å². The SMILES string of the molecule is CCNCC1CCOC1c1ccccc1OC. The zero-order valence-electron chi connectivity index (χ0n) is 10.6. The van der Waals surface area contributed by atoms with Gasteiger partial charge in [-0.1, -0.05) is 25.1 Å². The predicted molar refractivity (Wildman–Crippen MR) is 68.3 cm³/mol. The smallest absolute Gasteiger partial charge is 0.124 e. The molecule has 1 fully saturated rings. The highest BCUT2D eigenvalue weighted by Crippen LogP contribution is 2.38. The third kappa shape index (κ3) is 2.79.